The van der Waals surface area contributed by atoms with Gasteiger partial charge < -0.3 is 50.4 Å². The number of carbonyl (C=O) groups excluding carboxylic acids is 4. The molecule has 5 aliphatic heterocycles. The summed E-state index contributed by atoms with van der Waals surface area (Å²) >= 11 is 0. The Morgan fingerprint density at radius 3 is 2.51 bits per heavy atom. The second-order valence-corrected chi connectivity index (χ2v) is 25.3. The Morgan fingerprint density at radius 1 is 1.00 bits per heavy atom. The number of fused-ring (bicyclic) bond motifs is 6. The number of aromatic nitrogens is 1. The number of hydrogen-bond donors (Lipinski definition) is 9. The van der Waals surface area contributed by atoms with Gasteiger partial charge in [0.05, 0.1) is 25.9 Å². The molecule has 13 atom stereocenters. The van der Waals surface area contributed by atoms with Crippen LogP contribution in [0.5, 0.6) is 5.75 Å². The number of anilines is 1. The van der Waals surface area contributed by atoms with Crippen molar-refractivity contribution in [3.63, 3.8) is 0 Å². The number of aliphatic carboxylic acids is 1. The molecule has 9 rings (SSSR count). The van der Waals surface area contributed by atoms with E-state index in [4.69, 9.17) is 25.7 Å². The predicted molar refractivity (Wildman–Crippen MR) is 307 cm³/mol. The minimum Gasteiger partial charge on any atom is -0.496 e. The third-order valence-corrected chi connectivity index (χ3v) is 20.5. The van der Waals surface area contributed by atoms with Crippen LogP contribution in [0.4, 0.5) is 10.5 Å². The monoisotopic (exact) mass is 1160 g/mol. The van der Waals surface area contributed by atoms with E-state index in [1.54, 1.807) is 14.2 Å². The fraction of sp³-hybridized carbons (Fsp3) is 0.603. The van der Waals surface area contributed by atoms with Crippen LogP contribution in [0.3, 0.4) is 0 Å². The van der Waals surface area contributed by atoms with Crippen molar-refractivity contribution in [3.8, 4) is 18.1 Å². The summed E-state index contributed by atoms with van der Waals surface area (Å²) in [4.78, 5) is 88.1. The van der Waals surface area contributed by atoms with E-state index in [1.165, 1.54) is 23.5 Å². The number of nitrogens with one attached hydrogen (secondary N) is 5. The number of hydrogen-bond acceptors (Lipinski definition) is 17. The number of H-pyrrole nitrogens is 1. The van der Waals surface area contributed by atoms with Crippen LogP contribution >= 0.6 is 21.6 Å². The number of para-hydroxylation sites is 1. The van der Waals surface area contributed by atoms with Crippen LogP contribution in [0, 0.1) is 23.7 Å². The highest BCUT2D eigenvalue weighted by Crippen LogP contribution is 2.67. The van der Waals surface area contributed by atoms with Gasteiger partial charge in [-0.3, -0.25) is 29.6 Å². The summed E-state index contributed by atoms with van der Waals surface area (Å²) in [5, 5.41) is 54.2. The number of hydrazine groups is 1. The van der Waals surface area contributed by atoms with Crippen molar-refractivity contribution in [3.05, 3.63) is 70.9 Å². The lowest BCUT2D eigenvalue weighted by atomic mass is 9.47. The van der Waals surface area contributed by atoms with Crippen LogP contribution in [0.1, 0.15) is 107 Å². The standard InChI is InChI=1S/C58H78N8O13S2/c1-8-15-41(59-45(67)16-9-2)48(68)61-42(49(69)70)32-81-80-26-25-78-54(73)63-62-53(72)58(75)51-57(21-24-66-22-14-20-56(11-4,50(57)66)52(58)71)39-28-37(44(76-6)29-43(39)64(51)5)47(79-77-7)38-27-34-30-55(74,10-3)33-65(31-34)23-19-36-35-17-12-13-18-40(35)60-46(36)38/h1,12-14,17-18,20,28-29,34,38,41-42,47,50-52,60,71,74-75H,9-11,15-16,19,21-27,30-33H2,2-7H3,(H,59,67)(H,61,68)(H,62,72)(H,63,73)(H,69,70)/t34-,38+,41-,42+,47?,50-,51+,52+,55-,56+,57+,58-/m0/s1. The highest BCUT2D eigenvalue weighted by Gasteiger charge is 2.78. The summed E-state index contributed by atoms with van der Waals surface area (Å²) in [7, 11) is 7.19. The number of aliphatic hydroxyl groups excluding tert-OH is 1. The van der Waals surface area contributed by atoms with Gasteiger partial charge in [0, 0.05) is 114 Å². The number of likely N-dealkylation sites (N-methyl/N-ethyl adjacent to an activating group) is 1. The number of nitrogens with zero attached hydrogens (tertiary/aromatic N) is 3. The van der Waals surface area contributed by atoms with Gasteiger partial charge >= 0.3 is 12.1 Å². The molecule has 2 aromatic carbocycles. The molecule has 2 saturated heterocycles. The molecule has 1 spiro atoms. The molecule has 2 bridgehead atoms. The molecule has 1 aliphatic carbocycles. The Kier molecular flexibility index (Phi) is 18.3. The first-order chi connectivity index (χ1) is 38.9. The maximum atomic E-state index is 15.0. The van der Waals surface area contributed by atoms with Gasteiger partial charge in [0.25, 0.3) is 5.91 Å². The highest BCUT2D eigenvalue weighted by molar-refractivity contribution is 8.76. The Balaban J connectivity index is 0.968. The normalized spacial score (nSPS) is 30.1. The number of carboxylic acids is 1. The maximum Gasteiger partial charge on any atom is 0.426 e. The highest BCUT2D eigenvalue weighted by atomic mass is 33.1. The SMILES string of the molecule is C#CC[C@H](NC(=O)CCC)C(=O)N[C@H](CSSCCOC(=O)NNC(=O)[C@@]1(O)[C@H](O)[C@]2(CC)C=CCN3CC[C@@]4(c5cc(C(OOC)[C@@H]6C[C@@H]7CN(CCc8c6[nH]c6ccccc86)C[C@](O)(CC)C7)c(OC)cc5N(C)[C@@H]14)[C@@H]32)C(=O)O. The van der Waals surface area contributed by atoms with Crippen molar-refractivity contribution in [1.82, 2.24) is 36.3 Å². The van der Waals surface area contributed by atoms with Gasteiger partial charge in [-0.15, -0.1) is 12.3 Å². The van der Waals surface area contributed by atoms with Crippen LogP contribution in [0.2, 0.25) is 0 Å². The van der Waals surface area contributed by atoms with E-state index < -0.39 is 76.2 Å². The van der Waals surface area contributed by atoms with Gasteiger partial charge in [0.1, 0.15) is 36.6 Å². The van der Waals surface area contributed by atoms with Crippen molar-refractivity contribution in [2.24, 2.45) is 11.3 Å². The molecule has 440 valence electrons. The van der Waals surface area contributed by atoms with Crippen LogP contribution in [0.15, 0.2) is 48.6 Å². The van der Waals surface area contributed by atoms with Gasteiger partial charge in [-0.05, 0) is 80.7 Å². The second-order valence-electron chi connectivity index (χ2n) is 22.6. The Hall–Kier alpha value is -5.55. The molecular formula is C58H78N8O13S2. The number of ether oxygens (including phenoxy) is 2. The van der Waals surface area contributed by atoms with Crippen molar-refractivity contribution in [1.29, 1.82) is 0 Å². The average molecular weight is 1160 g/mol. The molecular weight excluding hydrogens is 1080 g/mol. The topological polar surface area (TPSA) is 277 Å². The Morgan fingerprint density at radius 2 is 1.79 bits per heavy atom. The predicted octanol–water partition coefficient (Wildman–Crippen LogP) is 4.21. The number of aliphatic hydroxyl groups is 3. The third kappa shape index (κ3) is 11.0. The van der Waals surface area contributed by atoms with Crippen LogP contribution in [-0.2, 0) is 45.5 Å². The number of methoxy groups -OCH3 is 1. The molecule has 9 N–H and O–H groups in total. The fourth-order valence-corrected chi connectivity index (χ4v) is 16.7. The second kappa shape index (κ2) is 24.7. The van der Waals surface area contributed by atoms with Crippen LogP contribution in [0.25, 0.3) is 10.9 Å². The van der Waals surface area contributed by atoms with Crippen LogP contribution in [-0.4, -0.2) is 179 Å². The lowest BCUT2D eigenvalue weighted by molar-refractivity contribution is -0.314. The van der Waals surface area contributed by atoms with Gasteiger partial charge in [0.2, 0.25) is 11.8 Å². The van der Waals surface area contributed by atoms with E-state index >= 15 is 4.79 Å². The lowest BCUT2D eigenvalue weighted by Crippen LogP contribution is -2.82. The van der Waals surface area contributed by atoms with Gasteiger partial charge in [0.15, 0.2) is 5.60 Å². The first kappa shape index (κ1) is 60.1. The molecule has 3 aromatic rings. The smallest absolute Gasteiger partial charge is 0.426 e. The zero-order chi connectivity index (χ0) is 58.0. The van der Waals surface area contributed by atoms with Crippen molar-refractivity contribution < 1.29 is 63.6 Å². The van der Waals surface area contributed by atoms with Gasteiger partial charge in [-0.25, -0.2) is 24.8 Å². The maximum absolute atomic E-state index is 15.0. The average Bonchev–Trinajstić information content (AvgIpc) is 3.08. The lowest BCUT2D eigenvalue weighted by Gasteiger charge is -2.63. The molecule has 81 heavy (non-hydrogen) atoms. The van der Waals surface area contributed by atoms with Crippen LogP contribution < -0.4 is 31.1 Å². The Bertz CT molecular complexity index is 2920. The van der Waals surface area contributed by atoms with Crippen molar-refractivity contribution in [2.75, 3.05) is 77.0 Å². The third-order valence-electron chi connectivity index (χ3n) is 18.1. The molecule has 2 unspecified atom stereocenters. The Labute approximate surface area is 480 Å². The zero-order valence-corrected chi connectivity index (χ0v) is 48.6. The minimum atomic E-state index is -2.55. The molecule has 6 heterocycles. The van der Waals surface area contributed by atoms with Gasteiger partial charge in [-0.1, -0.05) is 72.7 Å². The fourth-order valence-electron chi connectivity index (χ4n) is 14.7. The number of rotatable bonds is 21. The number of terminal acetylenes is 1. The van der Waals surface area contributed by atoms with Crippen molar-refractivity contribution in [2.45, 2.75) is 137 Å². The zero-order valence-electron chi connectivity index (χ0n) is 47.0. The summed E-state index contributed by atoms with van der Waals surface area (Å²) < 4.78 is 11.7. The molecule has 23 heteroatoms. The summed E-state index contributed by atoms with van der Waals surface area (Å²) in [5.41, 5.74) is 4.62. The van der Waals surface area contributed by atoms with Gasteiger partial charge in [-0.2, -0.15) is 0 Å². The number of aromatic amines is 1. The number of benzene rings is 2. The molecule has 1 saturated carbocycles. The molecule has 0 radical (unpaired) electrons. The summed E-state index contributed by atoms with van der Waals surface area (Å²) in [5.74, 6) is -0.721. The van der Waals surface area contributed by atoms with Crippen molar-refractivity contribution >= 4 is 68.0 Å². The summed E-state index contributed by atoms with van der Waals surface area (Å²) in [6.45, 7) is 9.02. The molecule has 3 fully saturated rings. The first-order valence-corrected chi connectivity index (χ1v) is 30.6. The minimum absolute atomic E-state index is 0.0684. The first-order valence-electron chi connectivity index (χ1n) is 28.1. The number of amides is 4. The molecule has 6 aliphatic rings. The summed E-state index contributed by atoms with van der Waals surface area (Å²) in [6.07, 6.45) is 9.98. The van der Waals surface area contributed by atoms with E-state index in [0.717, 1.165) is 52.5 Å². The van der Waals surface area contributed by atoms with E-state index in [-0.39, 0.29) is 54.7 Å². The van der Waals surface area contributed by atoms with E-state index in [2.05, 4.69) is 66.5 Å². The van der Waals surface area contributed by atoms with E-state index in [9.17, 15) is 39.6 Å². The largest absolute Gasteiger partial charge is 0.496 e. The number of piperidine rings is 1. The quantitative estimate of drug-likeness (QED) is 0.0180. The molecule has 1 aromatic heterocycles. The molecule has 4 amide bonds. The summed E-state index contributed by atoms with van der Waals surface area (Å²) in [6, 6.07) is 8.48. The number of carboxylic acid groups (broad SMARTS) is 1. The van der Waals surface area contributed by atoms with E-state index in [0.29, 0.717) is 75.2 Å². The van der Waals surface area contributed by atoms with E-state index in [1.807, 2.05) is 50.0 Å². The number of carbonyl (C=O) groups is 5. The molecule has 21 nitrogen and oxygen atoms in total.